The van der Waals surface area contributed by atoms with Crippen LogP contribution in [-0.2, 0) is 11.3 Å². The Morgan fingerprint density at radius 1 is 0.848 bits per heavy atom. The van der Waals surface area contributed by atoms with Crippen molar-refractivity contribution in [3.05, 3.63) is 94.5 Å². The monoisotopic (exact) mass is 441 g/mol. The van der Waals surface area contributed by atoms with Crippen molar-refractivity contribution >= 4 is 23.4 Å². The zero-order valence-electron chi connectivity index (χ0n) is 20.0. The highest BCUT2D eigenvalue weighted by Crippen LogP contribution is 2.35. The number of nitrogens with zero attached hydrogens (tertiary/aromatic N) is 3. The Morgan fingerprint density at radius 2 is 1.39 bits per heavy atom. The van der Waals surface area contributed by atoms with Gasteiger partial charge < -0.3 is 14.5 Å². The fraction of sp³-hybridized carbons (Fsp3) is 0.286. The van der Waals surface area contributed by atoms with Crippen LogP contribution in [-0.4, -0.2) is 24.6 Å². The van der Waals surface area contributed by atoms with E-state index in [0.717, 1.165) is 45.7 Å². The second-order valence-electron chi connectivity index (χ2n) is 8.76. The van der Waals surface area contributed by atoms with E-state index in [2.05, 4.69) is 85.8 Å². The molecule has 0 N–H and O–H groups in total. The number of hydrogen-bond acceptors (Lipinski definition) is 2. The zero-order chi connectivity index (χ0) is 23.5. The van der Waals surface area contributed by atoms with Gasteiger partial charge >= 0.3 is 6.09 Å². The van der Waals surface area contributed by atoms with Gasteiger partial charge in [-0.15, -0.1) is 4.99 Å². The lowest BCUT2D eigenvalue weighted by molar-refractivity contribution is 0.150. The summed E-state index contributed by atoms with van der Waals surface area (Å²) in [6, 6.07) is 22.3. The van der Waals surface area contributed by atoms with Crippen molar-refractivity contribution in [1.29, 1.82) is 0 Å². The molecule has 0 radical (unpaired) electrons. The number of hydrogen-bond donors (Lipinski definition) is 0. The molecule has 0 saturated carbocycles. The van der Waals surface area contributed by atoms with Crippen molar-refractivity contribution < 1.29 is 9.53 Å². The Bertz CT molecular complexity index is 1150. The summed E-state index contributed by atoms with van der Waals surface area (Å²) in [6.45, 7) is 11.5. The molecule has 1 atom stereocenters. The Balaban J connectivity index is 1.76. The number of guanidine groups is 1. The van der Waals surface area contributed by atoms with Crippen LogP contribution in [0.15, 0.2) is 71.7 Å². The molecule has 1 aliphatic rings. The third kappa shape index (κ3) is 4.63. The van der Waals surface area contributed by atoms with Crippen LogP contribution < -0.4 is 9.80 Å². The second-order valence-corrected chi connectivity index (χ2v) is 8.76. The fourth-order valence-electron chi connectivity index (χ4n) is 4.63. The molecule has 1 unspecified atom stereocenters. The summed E-state index contributed by atoms with van der Waals surface area (Å²) in [5.74, 6) is 0.607. The zero-order valence-corrected chi connectivity index (χ0v) is 20.0. The summed E-state index contributed by atoms with van der Waals surface area (Å²) >= 11 is 0. The highest BCUT2D eigenvalue weighted by molar-refractivity contribution is 6.14. The highest BCUT2D eigenvalue weighted by Gasteiger charge is 2.38. The first kappa shape index (κ1) is 22.6. The van der Waals surface area contributed by atoms with Crippen LogP contribution in [0.25, 0.3) is 0 Å². The summed E-state index contributed by atoms with van der Waals surface area (Å²) in [5.41, 5.74) is 7.71. The van der Waals surface area contributed by atoms with Crippen molar-refractivity contribution in [2.45, 2.75) is 47.3 Å². The number of amides is 1. The third-order valence-electron chi connectivity index (χ3n) is 6.13. The van der Waals surface area contributed by atoms with Crippen molar-refractivity contribution in [1.82, 2.24) is 0 Å². The molecule has 3 aromatic rings. The predicted octanol–water partition coefficient (Wildman–Crippen LogP) is 6.33. The molecule has 1 saturated heterocycles. The summed E-state index contributed by atoms with van der Waals surface area (Å²) in [4.78, 5) is 21.8. The fourth-order valence-corrected chi connectivity index (χ4v) is 4.63. The van der Waals surface area contributed by atoms with Gasteiger partial charge in [0.15, 0.2) is 0 Å². The Morgan fingerprint density at radius 3 is 1.97 bits per heavy atom. The van der Waals surface area contributed by atoms with Gasteiger partial charge in [0.1, 0.15) is 6.61 Å². The van der Waals surface area contributed by atoms with E-state index in [1.54, 1.807) is 0 Å². The van der Waals surface area contributed by atoms with Gasteiger partial charge in [0.25, 0.3) is 0 Å². The SMILES string of the molecule is Cc1cccc(C)c1N1CC(C)N(c2c(C)cccc2C)C1=NC(=O)OCc1ccccc1. The summed E-state index contributed by atoms with van der Waals surface area (Å²) in [6.07, 6.45) is -0.588. The van der Waals surface area contributed by atoms with Crippen molar-refractivity contribution in [3.63, 3.8) is 0 Å². The van der Waals surface area contributed by atoms with Crippen LogP contribution >= 0.6 is 0 Å². The molecule has 33 heavy (non-hydrogen) atoms. The smallest absolute Gasteiger partial charge is 0.437 e. The number of rotatable bonds is 4. The largest absolute Gasteiger partial charge is 0.443 e. The maximum absolute atomic E-state index is 12.9. The van der Waals surface area contributed by atoms with Gasteiger partial charge in [0.2, 0.25) is 5.96 Å². The van der Waals surface area contributed by atoms with E-state index in [1.807, 2.05) is 30.3 Å². The number of benzene rings is 3. The molecule has 3 aromatic carbocycles. The van der Waals surface area contributed by atoms with Crippen LogP contribution in [0.5, 0.6) is 0 Å². The minimum atomic E-state index is -0.588. The van der Waals surface area contributed by atoms with Crippen molar-refractivity contribution in [2.75, 3.05) is 16.3 Å². The van der Waals surface area contributed by atoms with Crippen molar-refractivity contribution in [2.24, 2.45) is 4.99 Å². The van der Waals surface area contributed by atoms with Crippen molar-refractivity contribution in [3.8, 4) is 0 Å². The first-order valence-corrected chi connectivity index (χ1v) is 11.4. The normalized spacial score (nSPS) is 17.0. The molecule has 5 nitrogen and oxygen atoms in total. The molecule has 5 heteroatoms. The molecular formula is C28H31N3O2. The number of aryl methyl sites for hydroxylation is 4. The molecule has 4 rings (SSSR count). The van der Waals surface area contributed by atoms with E-state index in [-0.39, 0.29) is 12.6 Å². The number of ether oxygens (including phenoxy) is 1. The maximum atomic E-state index is 12.9. The molecule has 0 spiro atoms. The van der Waals surface area contributed by atoms with Crippen LogP contribution in [0.2, 0.25) is 0 Å². The van der Waals surface area contributed by atoms with E-state index in [9.17, 15) is 4.79 Å². The van der Waals surface area contributed by atoms with E-state index in [4.69, 9.17) is 4.74 Å². The first-order valence-electron chi connectivity index (χ1n) is 11.4. The molecule has 1 fully saturated rings. The Labute approximate surface area is 196 Å². The van der Waals surface area contributed by atoms with Gasteiger partial charge in [-0.2, -0.15) is 0 Å². The quantitative estimate of drug-likeness (QED) is 0.475. The molecular weight excluding hydrogens is 410 g/mol. The topological polar surface area (TPSA) is 45.1 Å². The third-order valence-corrected chi connectivity index (χ3v) is 6.13. The molecule has 1 amide bonds. The van der Waals surface area contributed by atoms with Crippen LogP contribution in [0, 0.1) is 27.7 Å². The van der Waals surface area contributed by atoms with Gasteiger partial charge in [-0.05, 0) is 62.4 Å². The van der Waals surface area contributed by atoms with Crippen LogP contribution in [0.4, 0.5) is 16.2 Å². The number of carbonyl (C=O) groups is 1. The minimum absolute atomic E-state index is 0.129. The maximum Gasteiger partial charge on any atom is 0.437 e. The van der Waals surface area contributed by atoms with Gasteiger partial charge in [0, 0.05) is 17.9 Å². The van der Waals surface area contributed by atoms with Gasteiger partial charge in [-0.3, -0.25) is 0 Å². The Kier molecular flexibility index (Phi) is 6.50. The van der Waals surface area contributed by atoms with Crippen LogP contribution in [0.1, 0.15) is 34.7 Å². The Hall–Kier alpha value is -3.60. The van der Waals surface area contributed by atoms with Gasteiger partial charge in [0.05, 0.1) is 6.04 Å². The first-order chi connectivity index (χ1) is 15.9. The molecule has 0 aromatic heterocycles. The molecule has 1 aliphatic heterocycles. The molecule has 170 valence electrons. The van der Waals surface area contributed by atoms with Gasteiger partial charge in [-0.25, -0.2) is 4.79 Å². The van der Waals surface area contributed by atoms with E-state index < -0.39 is 6.09 Å². The average molecular weight is 442 g/mol. The highest BCUT2D eigenvalue weighted by atomic mass is 16.5. The number of para-hydroxylation sites is 2. The van der Waals surface area contributed by atoms with E-state index >= 15 is 0 Å². The second kappa shape index (κ2) is 9.49. The average Bonchev–Trinajstić information content (AvgIpc) is 3.08. The van der Waals surface area contributed by atoms with E-state index in [1.165, 1.54) is 0 Å². The summed E-state index contributed by atoms with van der Waals surface area (Å²) in [5, 5.41) is 0. The van der Waals surface area contributed by atoms with Gasteiger partial charge in [-0.1, -0.05) is 66.7 Å². The summed E-state index contributed by atoms with van der Waals surface area (Å²) < 4.78 is 5.53. The van der Waals surface area contributed by atoms with Crippen LogP contribution in [0.3, 0.4) is 0 Å². The standard InChI is InChI=1S/C28H31N3O2/c1-19-11-9-12-20(2)25(19)30-17-23(5)31(26-21(3)13-10-14-22(26)4)27(30)29-28(32)33-18-24-15-7-6-8-16-24/h6-16,23H,17-18H2,1-5H3. The molecule has 0 aliphatic carbocycles. The van der Waals surface area contributed by atoms with E-state index in [0.29, 0.717) is 5.96 Å². The number of aliphatic imine (C=N–C) groups is 1. The number of carbonyl (C=O) groups excluding carboxylic acids is 1. The summed E-state index contributed by atoms with van der Waals surface area (Å²) in [7, 11) is 0. The minimum Gasteiger partial charge on any atom is -0.443 e. The lowest BCUT2D eigenvalue weighted by Crippen LogP contribution is -2.37. The molecule has 0 bridgehead atoms. The lowest BCUT2D eigenvalue weighted by Gasteiger charge is -2.28. The predicted molar refractivity (Wildman–Crippen MR) is 135 cm³/mol. The molecule has 1 heterocycles. The number of anilines is 2. The lowest BCUT2D eigenvalue weighted by atomic mass is 10.1.